The average molecular weight is 401 g/mol. The van der Waals surface area contributed by atoms with Crippen molar-refractivity contribution < 1.29 is 4.79 Å². The van der Waals surface area contributed by atoms with E-state index in [9.17, 15) is 4.79 Å². The first kappa shape index (κ1) is 20.1. The second-order valence-electron chi connectivity index (χ2n) is 8.16. The van der Waals surface area contributed by atoms with E-state index in [-0.39, 0.29) is 11.8 Å². The lowest BCUT2D eigenvalue weighted by Crippen LogP contribution is -2.41. The van der Waals surface area contributed by atoms with E-state index in [1.165, 1.54) is 5.56 Å². The number of hydrogen-bond acceptors (Lipinski definition) is 4. The van der Waals surface area contributed by atoms with Crippen molar-refractivity contribution in [1.29, 1.82) is 0 Å². The van der Waals surface area contributed by atoms with Crippen LogP contribution >= 0.6 is 0 Å². The molecule has 1 amide bonds. The number of nitrogens with one attached hydrogen (secondary N) is 1. The van der Waals surface area contributed by atoms with Gasteiger partial charge in [0.15, 0.2) is 5.82 Å². The summed E-state index contributed by atoms with van der Waals surface area (Å²) in [6, 6.07) is 20.1. The molecule has 1 fully saturated rings. The first-order valence-electron chi connectivity index (χ1n) is 10.6. The molecule has 0 saturated carbocycles. The van der Waals surface area contributed by atoms with E-state index in [0.717, 1.165) is 36.5 Å². The number of piperidine rings is 1. The van der Waals surface area contributed by atoms with Crippen LogP contribution in [0.2, 0.25) is 0 Å². The molecule has 3 aromatic rings. The normalized spacial score (nSPS) is 16.5. The molecule has 1 saturated heterocycles. The van der Waals surface area contributed by atoms with Crippen molar-refractivity contribution in [3.63, 3.8) is 0 Å². The average Bonchev–Trinajstić information content (AvgIpc) is 2.80. The molecule has 0 spiro atoms. The van der Waals surface area contributed by atoms with E-state index in [1.54, 1.807) is 6.20 Å². The predicted molar refractivity (Wildman–Crippen MR) is 122 cm³/mol. The highest BCUT2D eigenvalue weighted by molar-refractivity contribution is 5.93. The summed E-state index contributed by atoms with van der Waals surface area (Å²) in [6.45, 7) is 5.90. The summed E-state index contributed by atoms with van der Waals surface area (Å²) in [5.41, 5.74) is 3.13. The molecule has 5 heteroatoms. The summed E-state index contributed by atoms with van der Waals surface area (Å²) in [7, 11) is 0. The molecular formula is C25H28N4O. The van der Waals surface area contributed by atoms with Crippen LogP contribution in [0.25, 0.3) is 11.4 Å². The van der Waals surface area contributed by atoms with Crippen LogP contribution < -0.4 is 10.2 Å². The first-order valence-corrected chi connectivity index (χ1v) is 10.6. The minimum atomic E-state index is -0.0568. The zero-order valence-electron chi connectivity index (χ0n) is 17.6. The van der Waals surface area contributed by atoms with Gasteiger partial charge in [-0.3, -0.25) is 4.79 Å². The summed E-state index contributed by atoms with van der Waals surface area (Å²) in [6.07, 6.45) is 3.66. The highest BCUT2D eigenvalue weighted by atomic mass is 16.1. The number of benzene rings is 2. The Morgan fingerprint density at radius 2 is 1.83 bits per heavy atom. The number of nitrogens with zero attached hydrogens (tertiary/aromatic N) is 3. The maximum atomic E-state index is 12.9. The van der Waals surface area contributed by atoms with Crippen LogP contribution in [-0.2, 0) is 4.79 Å². The third kappa shape index (κ3) is 4.67. The minimum absolute atomic E-state index is 0.0568. The fourth-order valence-corrected chi connectivity index (χ4v) is 3.85. The van der Waals surface area contributed by atoms with Gasteiger partial charge in [0.05, 0.1) is 5.92 Å². The molecule has 1 aliphatic rings. The van der Waals surface area contributed by atoms with Crippen molar-refractivity contribution >= 4 is 17.4 Å². The molecule has 0 bridgehead atoms. The quantitative estimate of drug-likeness (QED) is 0.646. The smallest absolute Gasteiger partial charge is 0.229 e. The molecule has 1 aromatic heterocycles. The molecule has 5 nitrogen and oxygen atoms in total. The minimum Gasteiger partial charge on any atom is -0.356 e. The van der Waals surface area contributed by atoms with Gasteiger partial charge in [0.25, 0.3) is 0 Å². The highest BCUT2D eigenvalue weighted by Crippen LogP contribution is 2.25. The van der Waals surface area contributed by atoms with E-state index >= 15 is 0 Å². The third-order valence-corrected chi connectivity index (χ3v) is 5.63. The van der Waals surface area contributed by atoms with E-state index in [2.05, 4.69) is 41.2 Å². The van der Waals surface area contributed by atoms with Gasteiger partial charge in [-0.1, -0.05) is 56.3 Å². The van der Waals surface area contributed by atoms with Gasteiger partial charge >= 0.3 is 0 Å². The SMILES string of the molecule is CC(C)c1ccc(NC(=O)C2CCCN(c3ccnc(-c4ccccc4)n3)C2)cc1. The number of carbonyl (C=O) groups excluding carboxylic acids is 1. The van der Waals surface area contributed by atoms with E-state index in [1.807, 2.05) is 48.5 Å². The Morgan fingerprint density at radius 1 is 1.07 bits per heavy atom. The molecule has 1 unspecified atom stereocenters. The van der Waals surface area contributed by atoms with Crippen LogP contribution in [0.3, 0.4) is 0 Å². The summed E-state index contributed by atoms with van der Waals surface area (Å²) in [4.78, 5) is 24.2. The molecule has 0 radical (unpaired) electrons. The van der Waals surface area contributed by atoms with Gasteiger partial charge in [-0.2, -0.15) is 0 Å². The van der Waals surface area contributed by atoms with Crippen LogP contribution in [0.4, 0.5) is 11.5 Å². The van der Waals surface area contributed by atoms with E-state index < -0.39 is 0 Å². The predicted octanol–water partition coefficient (Wildman–Crippen LogP) is 5.12. The lowest BCUT2D eigenvalue weighted by atomic mass is 9.97. The molecule has 0 aliphatic carbocycles. The molecule has 4 rings (SSSR count). The van der Waals surface area contributed by atoms with Crippen LogP contribution in [0, 0.1) is 5.92 Å². The van der Waals surface area contributed by atoms with Crippen LogP contribution in [0.5, 0.6) is 0 Å². The Hall–Kier alpha value is -3.21. The molecule has 1 aliphatic heterocycles. The zero-order chi connectivity index (χ0) is 20.9. The number of carbonyl (C=O) groups is 1. The van der Waals surface area contributed by atoms with Crippen LogP contribution in [-0.4, -0.2) is 29.0 Å². The third-order valence-electron chi connectivity index (χ3n) is 5.63. The number of rotatable bonds is 5. The van der Waals surface area contributed by atoms with Gasteiger partial charge in [-0.15, -0.1) is 0 Å². The number of hydrogen-bond donors (Lipinski definition) is 1. The van der Waals surface area contributed by atoms with Gasteiger partial charge in [0, 0.05) is 30.5 Å². The molecular weight excluding hydrogens is 372 g/mol. The summed E-state index contributed by atoms with van der Waals surface area (Å²) in [5.74, 6) is 2.09. The van der Waals surface area contributed by atoms with Crippen molar-refractivity contribution in [3.05, 3.63) is 72.4 Å². The lowest BCUT2D eigenvalue weighted by molar-refractivity contribution is -0.120. The molecule has 2 heterocycles. The summed E-state index contributed by atoms with van der Waals surface area (Å²) >= 11 is 0. The fraction of sp³-hybridized carbons (Fsp3) is 0.320. The van der Waals surface area contributed by atoms with Gasteiger partial charge in [0.2, 0.25) is 5.91 Å². The Kier molecular flexibility index (Phi) is 6.07. The summed E-state index contributed by atoms with van der Waals surface area (Å²) < 4.78 is 0. The van der Waals surface area contributed by atoms with Gasteiger partial charge in [0.1, 0.15) is 5.82 Å². The Morgan fingerprint density at radius 3 is 2.57 bits per heavy atom. The topological polar surface area (TPSA) is 58.1 Å². The first-order chi connectivity index (χ1) is 14.6. The monoisotopic (exact) mass is 400 g/mol. The van der Waals surface area contributed by atoms with E-state index in [0.29, 0.717) is 18.3 Å². The largest absolute Gasteiger partial charge is 0.356 e. The number of anilines is 2. The highest BCUT2D eigenvalue weighted by Gasteiger charge is 2.27. The maximum Gasteiger partial charge on any atom is 0.229 e. The van der Waals surface area contributed by atoms with Crippen molar-refractivity contribution in [2.75, 3.05) is 23.3 Å². The molecule has 1 atom stereocenters. The van der Waals surface area contributed by atoms with E-state index in [4.69, 9.17) is 4.98 Å². The van der Waals surface area contributed by atoms with Crippen molar-refractivity contribution in [2.24, 2.45) is 5.92 Å². The second-order valence-corrected chi connectivity index (χ2v) is 8.16. The maximum absolute atomic E-state index is 12.9. The number of amides is 1. The van der Waals surface area contributed by atoms with Crippen LogP contribution in [0.15, 0.2) is 66.9 Å². The lowest BCUT2D eigenvalue weighted by Gasteiger charge is -2.33. The van der Waals surface area contributed by atoms with Crippen LogP contribution in [0.1, 0.15) is 38.2 Å². The second kappa shape index (κ2) is 9.08. The molecule has 2 aromatic carbocycles. The summed E-state index contributed by atoms with van der Waals surface area (Å²) in [5, 5.41) is 3.09. The van der Waals surface area contributed by atoms with Gasteiger partial charge < -0.3 is 10.2 Å². The fourth-order valence-electron chi connectivity index (χ4n) is 3.85. The van der Waals surface area contributed by atoms with Crippen molar-refractivity contribution in [3.8, 4) is 11.4 Å². The van der Waals surface area contributed by atoms with Crippen molar-refractivity contribution in [2.45, 2.75) is 32.6 Å². The Labute approximate surface area is 178 Å². The van der Waals surface area contributed by atoms with Gasteiger partial charge in [-0.05, 0) is 42.5 Å². The zero-order valence-corrected chi connectivity index (χ0v) is 17.6. The van der Waals surface area contributed by atoms with Gasteiger partial charge in [-0.25, -0.2) is 9.97 Å². The molecule has 1 N–H and O–H groups in total. The van der Waals surface area contributed by atoms with Crippen molar-refractivity contribution in [1.82, 2.24) is 9.97 Å². The number of aromatic nitrogens is 2. The Balaban J connectivity index is 1.43. The molecule has 30 heavy (non-hydrogen) atoms. The molecule has 154 valence electrons. The standard InChI is InChI=1S/C25H28N4O/c1-18(2)19-10-12-22(13-11-19)27-25(30)21-9-6-16-29(17-21)23-14-15-26-24(28-23)20-7-4-3-5-8-20/h3-5,7-8,10-15,18,21H,6,9,16-17H2,1-2H3,(H,27,30). The Bertz CT molecular complexity index is 986.